The van der Waals surface area contributed by atoms with Gasteiger partial charge in [-0.15, -0.1) is 11.3 Å². The highest BCUT2D eigenvalue weighted by molar-refractivity contribution is 7.89. The standard InChI is InChI=1S/C30H24N2O5S2/c33-29(22-6-2-1-3-7-22)25(30-31-26-8-4-5-9-28(26)38-30)20-23-12-15-27(37-23)21-10-13-24(14-11-21)39(34,35)32-16-18-36-19-17-32/h1-15,20H,16-19H2/b25-20+. The van der Waals surface area contributed by atoms with Crippen molar-refractivity contribution in [2.45, 2.75) is 4.90 Å². The molecular formula is C30H24N2O5S2. The summed E-state index contributed by atoms with van der Waals surface area (Å²) in [5.41, 5.74) is 2.56. The van der Waals surface area contributed by atoms with E-state index in [2.05, 4.69) is 0 Å². The Bertz CT molecular complexity index is 1730. The molecule has 1 saturated heterocycles. The molecule has 9 heteroatoms. The third-order valence-corrected chi connectivity index (χ3v) is 9.45. The fourth-order valence-corrected chi connectivity index (χ4v) is 6.80. The summed E-state index contributed by atoms with van der Waals surface area (Å²) >= 11 is 1.46. The van der Waals surface area contributed by atoms with E-state index in [1.807, 2.05) is 42.5 Å². The van der Waals surface area contributed by atoms with Gasteiger partial charge in [-0.25, -0.2) is 13.4 Å². The first-order valence-corrected chi connectivity index (χ1v) is 14.7. The number of ether oxygens (including phenoxy) is 1. The molecule has 0 atom stereocenters. The number of sulfonamides is 1. The third kappa shape index (κ3) is 5.22. The molecule has 39 heavy (non-hydrogen) atoms. The van der Waals surface area contributed by atoms with Crippen LogP contribution in [0, 0.1) is 0 Å². The molecule has 0 bridgehead atoms. The molecule has 6 rings (SSSR count). The number of morpholine rings is 1. The lowest BCUT2D eigenvalue weighted by atomic mass is 10.0. The Labute approximate surface area is 230 Å². The monoisotopic (exact) mass is 556 g/mol. The Morgan fingerprint density at radius 1 is 0.872 bits per heavy atom. The van der Waals surface area contributed by atoms with Crippen LogP contribution in [0.3, 0.4) is 0 Å². The van der Waals surface area contributed by atoms with E-state index in [9.17, 15) is 13.2 Å². The summed E-state index contributed by atoms with van der Waals surface area (Å²) < 4.78 is 39.7. The van der Waals surface area contributed by atoms with Crippen LogP contribution in [0.15, 0.2) is 100 Å². The number of fused-ring (bicyclic) bond motifs is 1. The molecule has 0 radical (unpaired) electrons. The lowest BCUT2D eigenvalue weighted by molar-refractivity contribution is 0.0730. The van der Waals surface area contributed by atoms with Gasteiger partial charge in [0.25, 0.3) is 0 Å². The van der Waals surface area contributed by atoms with Gasteiger partial charge < -0.3 is 9.15 Å². The van der Waals surface area contributed by atoms with Crippen molar-refractivity contribution in [1.82, 2.24) is 9.29 Å². The van der Waals surface area contributed by atoms with Crippen molar-refractivity contribution in [2.24, 2.45) is 0 Å². The van der Waals surface area contributed by atoms with Crippen molar-refractivity contribution in [1.29, 1.82) is 0 Å². The minimum atomic E-state index is -3.58. The molecule has 0 amide bonds. The SMILES string of the molecule is O=C(/C(=C\c1ccc(-c2ccc(S(=O)(=O)N3CCOCC3)cc2)o1)c1nc2ccccc2s1)c1ccccc1. The molecule has 1 aliphatic rings. The Kier molecular flexibility index (Phi) is 6.97. The van der Waals surface area contributed by atoms with Gasteiger partial charge >= 0.3 is 0 Å². The molecule has 0 spiro atoms. The van der Waals surface area contributed by atoms with Gasteiger partial charge in [-0.05, 0) is 54.6 Å². The third-order valence-electron chi connectivity index (χ3n) is 6.46. The fourth-order valence-electron chi connectivity index (χ4n) is 4.41. The van der Waals surface area contributed by atoms with Crippen LogP contribution in [0.4, 0.5) is 0 Å². The van der Waals surface area contributed by atoms with E-state index in [4.69, 9.17) is 14.1 Å². The lowest BCUT2D eigenvalue weighted by Gasteiger charge is -2.26. The fraction of sp³-hybridized carbons (Fsp3) is 0.133. The van der Waals surface area contributed by atoms with E-state index in [1.54, 1.807) is 54.6 Å². The number of carbonyl (C=O) groups excluding carboxylic acids is 1. The number of aromatic nitrogens is 1. The van der Waals surface area contributed by atoms with Crippen molar-refractivity contribution < 1.29 is 22.4 Å². The highest BCUT2D eigenvalue weighted by atomic mass is 32.2. The van der Waals surface area contributed by atoms with Crippen LogP contribution in [0.25, 0.3) is 33.2 Å². The quantitative estimate of drug-likeness (QED) is 0.180. The van der Waals surface area contributed by atoms with Crippen LogP contribution in [0.2, 0.25) is 0 Å². The van der Waals surface area contributed by atoms with Crippen molar-refractivity contribution in [3.8, 4) is 11.3 Å². The summed E-state index contributed by atoms with van der Waals surface area (Å²) in [6.45, 7) is 1.48. The van der Waals surface area contributed by atoms with Crippen LogP contribution in [0.5, 0.6) is 0 Å². The topological polar surface area (TPSA) is 89.7 Å². The van der Waals surface area contributed by atoms with E-state index in [0.717, 1.165) is 15.8 Å². The number of furan rings is 1. The van der Waals surface area contributed by atoms with Crippen molar-refractivity contribution in [3.63, 3.8) is 0 Å². The second-order valence-corrected chi connectivity index (χ2v) is 12.0. The second-order valence-electron chi connectivity index (χ2n) is 8.98. The summed E-state index contributed by atoms with van der Waals surface area (Å²) in [5.74, 6) is 0.909. The highest BCUT2D eigenvalue weighted by Crippen LogP contribution is 2.32. The van der Waals surface area contributed by atoms with Gasteiger partial charge in [0.1, 0.15) is 16.5 Å². The molecule has 0 aliphatic carbocycles. The normalized spacial score (nSPS) is 15.0. The minimum absolute atomic E-state index is 0.148. The summed E-state index contributed by atoms with van der Waals surface area (Å²) in [4.78, 5) is 18.5. The number of allylic oxidation sites excluding steroid dienone is 1. The minimum Gasteiger partial charge on any atom is -0.457 e. The van der Waals surface area contributed by atoms with Crippen molar-refractivity contribution >= 4 is 49.0 Å². The Morgan fingerprint density at radius 3 is 2.33 bits per heavy atom. The Hall–Kier alpha value is -3.89. The molecule has 1 aliphatic heterocycles. The number of benzene rings is 3. The highest BCUT2D eigenvalue weighted by Gasteiger charge is 2.26. The number of rotatable bonds is 7. The van der Waals surface area contributed by atoms with Crippen LogP contribution in [0.1, 0.15) is 21.1 Å². The van der Waals surface area contributed by atoms with Gasteiger partial charge in [0, 0.05) is 24.2 Å². The predicted molar refractivity (Wildman–Crippen MR) is 152 cm³/mol. The number of thiazole rings is 1. The Morgan fingerprint density at radius 2 is 1.59 bits per heavy atom. The van der Waals surface area contributed by atoms with Gasteiger partial charge in [-0.1, -0.05) is 42.5 Å². The molecule has 1 fully saturated rings. The molecule has 0 N–H and O–H groups in total. The van der Waals surface area contributed by atoms with E-state index in [0.29, 0.717) is 54.0 Å². The molecule has 0 unspecified atom stereocenters. The molecule has 5 aromatic rings. The molecule has 0 saturated carbocycles. The van der Waals surface area contributed by atoms with Crippen LogP contribution in [-0.2, 0) is 14.8 Å². The number of hydrogen-bond donors (Lipinski definition) is 0. The maximum absolute atomic E-state index is 13.6. The zero-order valence-electron chi connectivity index (χ0n) is 20.8. The number of Topliss-reactive ketones (excluding diaryl/α,β-unsaturated/α-hetero) is 1. The summed E-state index contributed by atoms with van der Waals surface area (Å²) in [6, 6.07) is 27.1. The second kappa shape index (κ2) is 10.7. The molecule has 3 heterocycles. The zero-order valence-corrected chi connectivity index (χ0v) is 22.5. The Balaban J connectivity index is 1.32. The van der Waals surface area contributed by atoms with Gasteiger partial charge in [0.15, 0.2) is 5.78 Å². The van der Waals surface area contributed by atoms with Gasteiger partial charge in [0.05, 0.1) is 33.9 Å². The van der Waals surface area contributed by atoms with E-state index >= 15 is 0 Å². The number of carbonyl (C=O) groups is 1. The van der Waals surface area contributed by atoms with Gasteiger partial charge in [0.2, 0.25) is 10.0 Å². The average molecular weight is 557 g/mol. The van der Waals surface area contributed by atoms with Crippen LogP contribution in [-0.4, -0.2) is 49.8 Å². The largest absolute Gasteiger partial charge is 0.457 e. The lowest BCUT2D eigenvalue weighted by Crippen LogP contribution is -2.40. The zero-order chi connectivity index (χ0) is 26.8. The van der Waals surface area contributed by atoms with Crippen LogP contribution < -0.4 is 0 Å². The predicted octanol–water partition coefficient (Wildman–Crippen LogP) is 6.00. The molecule has 2 aromatic heterocycles. The number of nitrogens with zero attached hydrogens (tertiary/aromatic N) is 2. The molecule has 196 valence electrons. The molecule has 7 nitrogen and oxygen atoms in total. The first-order chi connectivity index (χ1) is 19.0. The smallest absolute Gasteiger partial charge is 0.243 e. The van der Waals surface area contributed by atoms with Crippen molar-refractivity contribution in [3.05, 3.63) is 107 Å². The first kappa shape index (κ1) is 25.4. The average Bonchev–Trinajstić information content (AvgIpc) is 3.64. The van der Waals surface area contributed by atoms with Gasteiger partial charge in [-0.2, -0.15) is 4.31 Å². The number of para-hydroxylation sites is 1. The summed E-state index contributed by atoms with van der Waals surface area (Å²) in [6.07, 6.45) is 1.72. The maximum Gasteiger partial charge on any atom is 0.243 e. The van der Waals surface area contributed by atoms with E-state index in [-0.39, 0.29) is 10.7 Å². The first-order valence-electron chi connectivity index (χ1n) is 12.4. The summed E-state index contributed by atoms with van der Waals surface area (Å²) in [7, 11) is -3.58. The van der Waals surface area contributed by atoms with Gasteiger partial charge in [-0.3, -0.25) is 4.79 Å². The number of hydrogen-bond acceptors (Lipinski definition) is 7. The summed E-state index contributed by atoms with van der Waals surface area (Å²) in [5, 5.41) is 0.612. The van der Waals surface area contributed by atoms with Crippen LogP contribution >= 0.6 is 11.3 Å². The van der Waals surface area contributed by atoms with E-state index in [1.165, 1.54) is 15.6 Å². The molecular weight excluding hydrogens is 532 g/mol. The molecule has 3 aromatic carbocycles. The maximum atomic E-state index is 13.6. The number of ketones is 1. The van der Waals surface area contributed by atoms with Crippen molar-refractivity contribution in [2.75, 3.05) is 26.3 Å². The van der Waals surface area contributed by atoms with E-state index < -0.39 is 10.0 Å².